The van der Waals surface area contributed by atoms with Gasteiger partial charge in [-0.2, -0.15) is 0 Å². The molecule has 5 aromatic rings. The molecule has 148 valence electrons. The number of nitrogens with zero attached hydrogens (tertiary/aromatic N) is 6. The van der Waals surface area contributed by atoms with Gasteiger partial charge in [-0.3, -0.25) is 0 Å². The van der Waals surface area contributed by atoms with Crippen molar-refractivity contribution in [1.82, 2.24) is 24.5 Å². The van der Waals surface area contributed by atoms with E-state index in [-0.39, 0.29) is 0 Å². The van der Waals surface area contributed by atoms with Crippen LogP contribution >= 0.6 is 0 Å². The van der Waals surface area contributed by atoms with E-state index in [2.05, 4.69) is 60.2 Å². The van der Waals surface area contributed by atoms with Gasteiger partial charge >= 0.3 is 0 Å². The number of rotatable bonds is 5. The molecule has 3 heterocycles. The van der Waals surface area contributed by atoms with Gasteiger partial charge < -0.3 is 14.8 Å². The average molecular weight is 395 g/mol. The Bertz CT molecular complexity index is 1330. The zero-order chi connectivity index (χ0) is 20.5. The van der Waals surface area contributed by atoms with Crippen molar-refractivity contribution in [1.29, 1.82) is 0 Å². The number of benzene rings is 2. The summed E-state index contributed by atoms with van der Waals surface area (Å²) in [5.74, 6) is 1.60. The molecule has 2 aromatic carbocycles. The number of fused-ring (bicyclic) bond motifs is 2. The fourth-order valence-corrected chi connectivity index (χ4v) is 3.48. The molecule has 30 heavy (non-hydrogen) atoms. The van der Waals surface area contributed by atoms with Gasteiger partial charge in [0, 0.05) is 31.7 Å². The lowest BCUT2D eigenvalue weighted by atomic mass is 10.2. The van der Waals surface area contributed by atoms with Crippen molar-refractivity contribution in [3.05, 3.63) is 79.0 Å². The zero-order valence-corrected chi connectivity index (χ0v) is 16.8. The van der Waals surface area contributed by atoms with Gasteiger partial charge in [0.1, 0.15) is 18.0 Å². The molecule has 0 aliphatic carbocycles. The lowest BCUT2D eigenvalue weighted by Gasteiger charge is -2.13. The Morgan fingerprint density at radius 1 is 0.900 bits per heavy atom. The SMILES string of the molecule is CN(C)c1cc2c(Nc3ccc4c(c3)ncn4Cc3ccccc3)ncnc2cn1. The molecule has 7 nitrogen and oxygen atoms in total. The van der Waals surface area contributed by atoms with Crippen molar-refractivity contribution < 1.29 is 0 Å². The first-order chi connectivity index (χ1) is 14.7. The zero-order valence-electron chi connectivity index (χ0n) is 16.8. The number of imidazole rings is 1. The molecular formula is C23H21N7. The monoisotopic (exact) mass is 395 g/mol. The molecule has 0 unspecified atom stereocenters. The molecule has 0 spiro atoms. The summed E-state index contributed by atoms with van der Waals surface area (Å²) in [6, 6.07) is 18.6. The maximum absolute atomic E-state index is 4.59. The molecule has 0 saturated heterocycles. The topological polar surface area (TPSA) is 71.8 Å². The summed E-state index contributed by atoms with van der Waals surface area (Å²) in [5, 5.41) is 4.34. The fraction of sp³-hybridized carbons (Fsp3) is 0.130. The molecule has 0 radical (unpaired) electrons. The molecule has 0 atom stereocenters. The summed E-state index contributed by atoms with van der Waals surface area (Å²) in [5.41, 5.74) is 5.00. The van der Waals surface area contributed by atoms with Gasteiger partial charge in [0.15, 0.2) is 0 Å². The summed E-state index contributed by atoms with van der Waals surface area (Å²) in [6.45, 7) is 0.793. The Labute approximate surface area is 174 Å². The van der Waals surface area contributed by atoms with Crippen molar-refractivity contribution >= 4 is 39.3 Å². The summed E-state index contributed by atoms with van der Waals surface area (Å²) < 4.78 is 2.16. The average Bonchev–Trinajstić information content (AvgIpc) is 3.16. The minimum Gasteiger partial charge on any atom is -0.363 e. The Kier molecular flexibility index (Phi) is 4.48. The molecule has 0 bridgehead atoms. The van der Waals surface area contributed by atoms with Crippen LogP contribution in [-0.2, 0) is 6.54 Å². The van der Waals surface area contributed by atoms with E-state index in [1.165, 1.54) is 5.56 Å². The number of anilines is 3. The van der Waals surface area contributed by atoms with Crippen LogP contribution in [0, 0.1) is 0 Å². The number of aromatic nitrogens is 5. The summed E-state index contributed by atoms with van der Waals surface area (Å²) in [7, 11) is 3.93. The van der Waals surface area contributed by atoms with Crippen LogP contribution < -0.4 is 10.2 Å². The fourth-order valence-electron chi connectivity index (χ4n) is 3.48. The lowest BCUT2D eigenvalue weighted by Crippen LogP contribution is -2.10. The van der Waals surface area contributed by atoms with Gasteiger partial charge in [-0.15, -0.1) is 0 Å². The Morgan fingerprint density at radius 2 is 1.77 bits per heavy atom. The quantitative estimate of drug-likeness (QED) is 0.480. The predicted octanol–water partition coefficient (Wildman–Crippen LogP) is 4.23. The third-order valence-corrected chi connectivity index (χ3v) is 5.05. The third kappa shape index (κ3) is 3.41. The van der Waals surface area contributed by atoms with E-state index in [0.29, 0.717) is 0 Å². The van der Waals surface area contributed by atoms with Crippen molar-refractivity contribution in [2.24, 2.45) is 0 Å². The summed E-state index contributed by atoms with van der Waals surface area (Å²) in [4.78, 5) is 19.8. The Balaban J connectivity index is 1.47. The number of nitrogens with one attached hydrogen (secondary N) is 1. The molecule has 0 fully saturated rings. The third-order valence-electron chi connectivity index (χ3n) is 5.05. The van der Waals surface area contributed by atoms with Crippen LogP contribution in [0.5, 0.6) is 0 Å². The van der Waals surface area contributed by atoms with E-state index >= 15 is 0 Å². The minimum atomic E-state index is 0.744. The molecule has 0 saturated carbocycles. The second-order valence-corrected chi connectivity index (χ2v) is 7.36. The minimum absolute atomic E-state index is 0.744. The summed E-state index contributed by atoms with van der Waals surface area (Å²) >= 11 is 0. The van der Waals surface area contributed by atoms with Crippen molar-refractivity contribution in [2.45, 2.75) is 6.54 Å². The van der Waals surface area contributed by atoms with Crippen LogP contribution in [0.4, 0.5) is 17.3 Å². The summed E-state index contributed by atoms with van der Waals surface area (Å²) in [6.07, 6.45) is 5.21. The normalized spacial score (nSPS) is 11.1. The van der Waals surface area contributed by atoms with Crippen LogP contribution in [0.15, 0.2) is 73.4 Å². The van der Waals surface area contributed by atoms with E-state index in [9.17, 15) is 0 Å². The Hall–Kier alpha value is -4.00. The van der Waals surface area contributed by atoms with Crippen molar-refractivity contribution in [3.63, 3.8) is 0 Å². The second kappa shape index (κ2) is 7.44. The van der Waals surface area contributed by atoms with E-state index in [1.807, 2.05) is 49.6 Å². The van der Waals surface area contributed by atoms with E-state index in [0.717, 1.165) is 45.8 Å². The van der Waals surface area contributed by atoms with E-state index in [1.54, 1.807) is 12.5 Å². The first-order valence-electron chi connectivity index (χ1n) is 9.71. The first kappa shape index (κ1) is 18.1. The van der Waals surface area contributed by atoms with Crippen molar-refractivity contribution in [3.8, 4) is 0 Å². The van der Waals surface area contributed by atoms with Crippen LogP contribution in [0.1, 0.15) is 5.56 Å². The highest BCUT2D eigenvalue weighted by Crippen LogP contribution is 2.27. The van der Waals surface area contributed by atoms with Crippen molar-refractivity contribution in [2.75, 3.05) is 24.3 Å². The predicted molar refractivity (Wildman–Crippen MR) is 120 cm³/mol. The van der Waals surface area contributed by atoms with Gasteiger partial charge in [0.2, 0.25) is 0 Å². The second-order valence-electron chi connectivity index (χ2n) is 7.36. The largest absolute Gasteiger partial charge is 0.363 e. The number of pyridine rings is 1. The smallest absolute Gasteiger partial charge is 0.141 e. The molecule has 1 N–H and O–H groups in total. The highest BCUT2D eigenvalue weighted by atomic mass is 15.1. The van der Waals surface area contributed by atoms with E-state index < -0.39 is 0 Å². The highest BCUT2D eigenvalue weighted by Gasteiger charge is 2.09. The number of hydrogen-bond donors (Lipinski definition) is 1. The van der Waals surface area contributed by atoms with Gasteiger partial charge in [-0.1, -0.05) is 30.3 Å². The van der Waals surface area contributed by atoms with Crippen LogP contribution in [0.3, 0.4) is 0 Å². The molecule has 7 heteroatoms. The van der Waals surface area contributed by atoms with Crippen LogP contribution in [0.25, 0.3) is 21.9 Å². The highest BCUT2D eigenvalue weighted by molar-refractivity contribution is 5.92. The van der Waals surface area contributed by atoms with Crippen LogP contribution in [0.2, 0.25) is 0 Å². The van der Waals surface area contributed by atoms with Gasteiger partial charge in [-0.05, 0) is 29.8 Å². The maximum atomic E-state index is 4.59. The molecule has 5 rings (SSSR count). The molecule has 0 aliphatic heterocycles. The number of hydrogen-bond acceptors (Lipinski definition) is 6. The lowest BCUT2D eigenvalue weighted by molar-refractivity contribution is 0.824. The van der Waals surface area contributed by atoms with Gasteiger partial charge in [0.25, 0.3) is 0 Å². The molecule has 0 aliphatic rings. The maximum Gasteiger partial charge on any atom is 0.141 e. The standard InChI is InChI=1S/C23H21N7/c1-29(2)22-11-18-20(12-24-22)25-14-26-23(18)28-17-8-9-21-19(10-17)27-15-30(21)13-16-6-4-3-5-7-16/h3-12,14-15H,13H2,1-2H3,(H,25,26,28). The first-order valence-corrected chi connectivity index (χ1v) is 9.71. The van der Waals surface area contributed by atoms with Gasteiger partial charge in [0.05, 0.1) is 29.1 Å². The molecular weight excluding hydrogens is 374 g/mol. The van der Waals surface area contributed by atoms with Gasteiger partial charge in [-0.25, -0.2) is 19.9 Å². The molecule has 3 aromatic heterocycles. The van der Waals surface area contributed by atoms with Crippen LogP contribution in [-0.4, -0.2) is 38.6 Å². The van der Waals surface area contributed by atoms with E-state index in [4.69, 9.17) is 0 Å². The Morgan fingerprint density at radius 3 is 2.60 bits per heavy atom. The molecule has 0 amide bonds.